The van der Waals surface area contributed by atoms with E-state index in [1.54, 1.807) is 4.90 Å². The van der Waals surface area contributed by atoms with Crippen LogP contribution in [0.1, 0.15) is 36.3 Å². The summed E-state index contributed by atoms with van der Waals surface area (Å²) in [5.41, 5.74) is 0. The van der Waals surface area contributed by atoms with Crippen LogP contribution in [0.25, 0.3) is 0 Å². The molecule has 2 N–H and O–H groups in total. The van der Waals surface area contributed by atoms with Crippen LogP contribution in [0, 0.1) is 0 Å². The third-order valence-electron chi connectivity index (χ3n) is 3.59. The minimum absolute atomic E-state index is 0.0737. The summed E-state index contributed by atoms with van der Waals surface area (Å²) in [4.78, 5) is 17.7. The number of nitrogens with zero attached hydrogens (tertiary/aromatic N) is 3. The zero-order chi connectivity index (χ0) is 12.3. The normalized spacial score (nSPS) is 24.6. The maximum absolute atomic E-state index is 12.0. The lowest BCUT2D eigenvalue weighted by Gasteiger charge is -2.34. The Morgan fingerprint density at radius 3 is 2.71 bits per heavy atom. The van der Waals surface area contributed by atoms with E-state index in [0.717, 1.165) is 25.7 Å². The van der Waals surface area contributed by atoms with Gasteiger partial charge >= 0.3 is 0 Å². The molecule has 1 amide bonds. The van der Waals surface area contributed by atoms with Crippen LogP contribution in [0.3, 0.4) is 0 Å². The second-order valence-corrected chi connectivity index (χ2v) is 4.54. The zero-order valence-corrected chi connectivity index (χ0v) is 10.3. The molecule has 1 aromatic heterocycles. The molecule has 1 aliphatic carbocycles. The molecule has 1 fully saturated rings. The SMILES string of the molecule is CNC1CCC(N(C)C(=O)c2ncn[nH]2)CC1. The Morgan fingerprint density at radius 1 is 1.47 bits per heavy atom. The van der Waals surface area contributed by atoms with Gasteiger partial charge in [-0.15, -0.1) is 0 Å². The fourth-order valence-electron chi connectivity index (χ4n) is 2.39. The van der Waals surface area contributed by atoms with Crippen molar-refractivity contribution in [3.63, 3.8) is 0 Å². The van der Waals surface area contributed by atoms with Gasteiger partial charge in [0.05, 0.1) is 0 Å². The van der Waals surface area contributed by atoms with Crippen molar-refractivity contribution in [2.24, 2.45) is 0 Å². The highest BCUT2D eigenvalue weighted by atomic mass is 16.2. The molecule has 17 heavy (non-hydrogen) atoms. The van der Waals surface area contributed by atoms with Gasteiger partial charge in [-0.3, -0.25) is 9.89 Å². The van der Waals surface area contributed by atoms with Crippen LogP contribution in [-0.4, -0.2) is 52.2 Å². The summed E-state index contributed by atoms with van der Waals surface area (Å²) in [6.45, 7) is 0. The van der Waals surface area contributed by atoms with E-state index in [4.69, 9.17) is 0 Å². The average Bonchev–Trinajstić information content (AvgIpc) is 2.91. The molecule has 1 saturated carbocycles. The lowest BCUT2D eigenvalue weighted by molar-refractivity contribution is 0.0674. The highest BCUT2D eigenvalue weighted by Gasteiger charge is 2.27. The van der Waals surface area contributed by atoms with Crippen molar-refractivity contribution in [2.75, 3.05) is 14.1 Å². The number of hydrogen-bond donors (Lipinski definition) is 2. The summed E-state index contributed by atoms with van der Waals surface area (Å²) in [5.74, 6) is 0.249. The standard InChI is InChI=1S/C11H19N5O/c1-12-8-3-5-9(6-4-8)16(2)11(17)10-13-7-14-15-10/h7-9,12H,3-6H2,1-2H3,(H,13,14,15). The summed E-state index contributed by atoms with van der Waals surface area (Å²) in [6.07, 6.45) is 5.69. The molecule has 0 saturated heterocycles. The van der Waals surface area contributed by atoms with Gasteiger partial charge in [-0.2, -0.15) is 5.10 Å². The number of carbonyl (C=O) groups excluding carboxylic acids is 1. The van der Waals surface area contributed by atoms with E-state index in [2.05, 4.69) is 20.5 Å². The fourth-order valence-corrected chi connectivity index (χ4v) is 2.39. The number of nitrogens with one attached hydrogen (secondary N) is 2. The summed E-state index contributed by atoms with van der Waals surface area (Å²) in [7, 11) is 3.84. The summed E-state index contributed by atoms with van der Waals surface area (Å²) in [6, 6.07) is 0.914. The summed E-state index contributed by atoms with van der Waals surface area (Å²) < 4.78 is 0. The number of amides is 1. The Balaban J connectivity index is 1.92. The lowest BCUT2D eigenvalue weighted by atomic mass is 9.90. The lowest BCUT2D eigenvalue weighted by Crippen LogP contribution is -2.42. The van der Waals surface area contributed by atoms with Gasteiger partial charge in [-0.1, -0.05) is 0 Å². The van der Waals surface area contributed by atoms with Crippen molar-refractivity contribution < 1.29 is 4.79 Å². The molecule has 1 heterocycles. The van der Waals surface area contributed by atoms with Gasteiger partial charge in [-0.25, -0.2) is 4.98 Å². The minimum Gasteiger partial charge on any atom is -0.336 e. The van der Waals surface area contributed by atoms with Crippen LogP contribution in [0.5, 0.6) is 0 Å². The van der Waals surface area contributed by atoms with Gasteiger partial charge in [0.2, 0.25) is 5.82 Å². The van der Waals surface area contributed by atoms with Crippen molar-refractivity contribution in [3.8, 4) is 0 Å². The Morgan fingerprint density at radius 2 is 2.18 bits per heavy atom. The zero-order valence-electron chi connectivity index (χ0n) is 10.3. The maximum atomic E-state index is 12.0. The van der Waals surface area contributed by atoms with Crippen molar-refractivity contribution in [1.82, 2.24) is 25.4 Å². The minimum atomic E-state index is -0.0737. The number of aromatic amines is 1. The monoisotopic (exact) mass is 237 g/mol. The molecule has 94 valence electrons. The van der Waals surface area contributed by atoms with Crippen LogP contribution in [0.2, 0.25) is 0 Å². The number of rotatable bonds is 3. The van der Waals surface area contributed by atoms with E-state index in [9.17, 15) is 4.79 Å². The molecule has 1 aromatic rings. The van der Waals surface area contributed by atoms with Gasteiger partial charge < -0.3 is 10.2 Å². The van der Waals surface area contributed by atoms with Crippen LogP contribution in [0.15, 0.2) is 6.33 Å². The van der Waals surface area contributed by atoms with Crippen molar-refractivity contribution in [3.05, 3.63) is 12.2 Å². The first kappa shape index (κ1) is 12.0. The first-order valence-electron chi connectivity index (χ1n) is 6.02. The Kier molecular flexibility index (Phi) is 3.73. The quantitative estimate of drug-likeness (QED) is 0.798. The number of aromatic nitrogens is 3. The van der Waals surface area contributed by atoms with Gasteiger partial charge in [0.15, 0.2) is 0 Å². The molecule has 0 spiro atoms. The van der Waals surface area contributed by atoms with E-state index in [-0.39, 0.29) is 5.91 Å². The first-order valence-corrected chi connectivity index (χ1v) is 6.02. The Labute approximate surface area is 101 Å². The van der Waals surface area contributed by atoms with Gasteiger partial charge in [0.1, 0.15) is 6.33 Å². The average molecular weight is 237 g/mol. The van der Waals surface area contributed by atoms with E-state index < -0.39 is 0 Å². The molecule has 1 aliphatic rings. The topological polar surface area (TPSA) is 73.9 Å². The van der Waals surface area contributed by atoms with E-state index in [1.807, 2.05) is 14.1 Å². The van der Waals surface area contributed by atoms with Gasteiger partial charge in [0, 0.05) is 19.1 Å². The Hall–Kier alpha value is -1.43. The molecule has 6 nitrogen and oxygen atoms in total. The van der Waals surface area contributed by atoms with E-state index in [1.165, 1.54) is 6.33 Å². The molecule has 6 heteroatoms. The highest BCUT2D eigenvalue weighted by Crippen LogP contribution is 2.22. The van der Waals surface area contributed by atoms with E-state index in [0.29, 0.717) is 17.9 Å². The van der Waals surface area contributed by atoms with Crippen LogP contribution < -0.4 is 5.32 Å². The number of hydrogen-bond acceptors (Lipinski definition) is 4. The second-order valence-electron chi connectivity index (χ2n) is 4.54. The molecule has 0 unspecified atom stereocenters. The molecule has 0 bridgehead atoms. The molecule has 2 rings (SSSR count). The molecule has 0 radical (unpaired) electrons. The first-order chi connectivity index (χ1) is 8.22. The predicted octanol–water partition coefficient (Wildman–Crippen LogP) is 0.407. The highest BCUT2D eigenvalue weighted by molar-refractivity contribution is 5.90. The van der Waals surface area contributed by atoms with Crippen LogP contribution in [-0.2, 0) is 0 Å². The number of H-pyrrole nitrogens is 1. The van der Waals surface area contributed by atoms with Crippen LogP contribution in [0.4, 0.5) is 0 Å². The predicted molar refractivity (Wildman–Crippen MR) is 63.6 cm³/mol. The van der Waals surface area contributed by atoms with Crippen molar-refractivity contribution in [1.29, 1.82) is 0 Å². The third kappa shape index (κ3) is 2.63. The van der Waals surface area contributed by atoms with Crippen LogP contribution >= 0.6 is 0 Å². The molecule has 0 atom stereocenters. The molecular weight excluding hydrogens is 218 g/mol. The molecular formula is C11H19N5O. The van der Waals surface area contributed by atoms with Gasteiger partial charge in [0.25, 0.3) is 5.91 Å². The molecule has 0 aliphatic heterocycles. The van der Waals surface area contributed by atoms with Crippen molar-refractivity contribution in [2.45, 2.75) is 37.8 Å². The summed E-state index contributed by atoms with van der Waals surface area (Å²) >= 11 is 0. The Bertz CT molecular complexity index is 356. The van der Waals surface area contributed by atoms with Gasteiger partial charge in [-0.05, 0) is 32.7 Å². The van der Waals surface area contributed by atoms with Crippen molar-refractivity contribution >= 4 is 5.91 Å². The van der Waals surface area contributed by atoms with E-state index >= 15 is 0 Å². The number of carbonyl (C=O) groups is 1. The molecule has 0 aromatic carbocycles. The summed E-state index contributed by atoms with van der Waals surface area (Å²) in [5, 5.41) is 9.60. The smallest absolute Gasteiger partial charge is 0.291 e. The maximum Gasteiger partial charge on any atom is 0.291 e. The third-order valence-corrected chi connectivity index (χ3v) is 3.59. The largest absolute Gasteiger partial charge is 0.336 e. The second kappa shape index (κ2) is 5.27. The fraction of sp³-hybridized carbons (Fsp3) is 0.727.